The van der Waals surface area contributed by atoms with Gasteiger partial charge in [0.1, 0.15) is 42.3 Å². The van der Waals surface area contributed by atoms with Gasteiger partial charge in [-0.1, -0.05) is 122 Å². The highest BCUT2D eigenvalue weighted by molar-refractivity contribution is 5.98. The van der Waals surface area contributed by atoms with Crippen molar-refractivity contribution in [2.75, 3.05) is 6.54 Å². The van der Waals surface area contributed by atoms with E-state index < -0.39 is 114 Å². The number of rotatable bonds is 32. The first-order chi connectivity index (χ1) is 33.9. The molecule has 0 saturated carbocycles. The van der Waals surface area contributed by atoms with E-state index in [2.05, 4.69) is 42.2 Å². The number of nitrogens with zero attached hydrogens (tertiary/aromatic N) is 1. The zero-order chi connectivity index (χ0) is 54.1. The second kappa shape index (κ2) is 31.3. The Bertz CT molecular complexity index is 2140. The highest BCUT2D eigenvalue weighted by atomic mass is 16.4. The van der Waals surface area contributed by atoms with Crippen LogP contribution in [0.4, 0.5) is 0 Å². The van der Waals surface area contributed by atoms with Crippen molar-refractivity contribution in [2.24, 2.45) is 39.9 Å². The number of nitrogens with two attached hydrogens (primary N) is 3. The van der Waals surface area contributed by atoms with Gasteiger partial charge in [-0.15, -0.1) is 0 Å². The number of guanidine groups is 1. The summed E-state index contributed by atoms with van der Waals surface area (Å²) >= 11 is 0. The van der Waals surface area contributed by atoms with Crippen LogP contribution in [-0.4, -0.2) is 124 Å². The van der Waals surface area contributed by atoms with Crippen molar-refractivity contribution in [1.29, 1.82) is 0 Å². The van der Waals surface area contributed by atoms with Gasteiger partial charge in [-0.25, -0.2) is 4.79 Å². The van der Waals surface area contributed by atoms with E-state index >= 15 is 0 Å². The van der Waals surface area contributed by atoms with Crippen molar-refractivity contribution in [2.45, 2.75) is 155 Å². The molecule has 7 amide bonds. The van der Waals surface area contributed by atoms with Gasteiger partial charge >= 0.3 is 11.9 Å². The lowest BCUT2D eigenvalue weighted by Gasteiger charge is -2.29. The SMILES string of the molecule is CCCC[C@H](NC(=O)[C@H](CC(=O)O)NC(=O)[C@H](Cc1ccccc1)NC(=O)[C@@H](N)C(C)C)C(=O)N[C@@H](Cc1ccccc1)C(=O)N[C@H](C(=O)N[C@@H](CC(C)C)C(=O)N[C@@H](CCCN=C(N)N)C(=O)O)C(C)C. The van der Waals surface area contributed by atoms with Gasteiger partial charge in [0.25, 0.3) is 0 Å². The Morgan fingerprint density at radius 3 is 1.43 bits per heavy atom. The Labute approximate surface area is 421 Å². The number of carboxylic acids is 2. The van der Waals surface area contributed by atoms with E-state index in [0.717, 1.165) is 0 Å². The molecule has 0 radical (unpaired) electrons. The molecule has 0 fully saturated rings. The minimum Gasteiger partial charge on any atom is -0.481 e. The molecule has 0 aliphatic rings. The van der Waals surface area contributed by atoms with Crippen molar-refractivity contribution in [1.82, 2.24) is 37.2 Å². The number of carbonyl (C=O) groups is 9. The third kappa shape index (κ3) is 22.3. The zero-order valence-corrected chi connectivity index (χ0v) is 42.4. The fraction of sp³-hybridized carbons (Fsp3) is 0.560. The third-order valence-corrected chi connectivity index (χ3v) is 11.5. The molecule has 0 aliphatic heterocycles. The lowest BCUT2D eigenvalue weighted by atomic mass is 9.98. The second-order valence-electron chi connectivity index (χ2n) is 18.9. The Morgan fingerprint density at radius 1 is 0.528 bits per heavy atom. The summed E-state index contributed by atoms with van der Waals surface area (Å²) in [5, 5.41) is 37.9. The first-order valence-electron chi connectivity index (χ1n) is 24.4. The number of carbonyl (C=O) groups excluding carboxylic acids is 7. The van der Waals surface area contributed by atoms with Gasteiger partial charge in [-0.2, -0.15) is 0 Å². The standard InChI is InChI=1S/C50H77N11O11/c1-8-9-21-33(55-45(67)38(27-39(62)63)58-44(66)36(25-31-17-12-10-13-18-31)59-47(69)40(51)29(4)5)42(64)57-37(26-32-19-14-11-15-20-32)46(68)61-41(30(6)7)48(70)60-35(24-28(2)3)43(65)56-34(49(71)72)22-16-23-54-50(52)53/h10-15,17-20,28-30,33-38,40-41H,8-9,16,21-27,51H2,1-7H3,(H,55,67)(H,56,65)(H,57,64)(H,58,66)(H,59,69)(H,60,70)(H,61,68)(H,62,63)(H,71,72)(H4,52,53,54)/t33-,34-,35-,36-,37-,38-,40-,41-/m0/s1. The number of benzene rings is 2. The molecule has 0 spiro atoms. The average Bonchev–Trinajstić information content (AvgIpc) is 3.31. The molecule has 15 N–H and O–H groups in total. The third-order valence-electron chi connectivity index (χ3n) is 11.5. The molecule has 0 saturated heterocycles. The summed E-state index contributed by atoms with van der Waals surface area (Å²) in [4.78, 5) is 125. The Kier molecular flexibility index (Phi) is 26.5. The molecule has 2 rings (SSSR count). The molecule has 2 aromatic rings. The molecule has 0 bridgehead atoms. The van der Waals surface area contributed by atoms with Crippen LogP contribution >= 0.6 is 0 Å². The summed E-state index contributed by atoms with van der Waals surface area (Å²) in [5.74, 6) is -9.58. The predicted octanol–water partition coefficient (Wildman–Crippen LogP) is 0.354. The molecule has 22 heteroatoms. The minimum atomic E-state index is -1.72. The average molecular weight is 1010 g/mol. The van der Waals surface area contributed by atoms with Gasteiger partial charge in [0.15, 0.2) is 5.96 Å². The molecular weight excluding hydrogens is 931 g/mol. The number of carboxylic acid groups (broad SMARTS) is 2. The van der Waals surface area contributed by atoms with Gasteiger partial charge < -0.3 is 64.6 Å². The topological polar surface area (TPSA) is 369 Å². The van der Waals surface area contributed by atoms with Crippen LogP contribution in [0.5, 0.6) is 0 Å². The van der Waals surface area contributed by atoms with E-state index in [4.69, 9.17) is 17.2 Å². The number of amides is 7. The Balaban J connectivity index is 2.42. The van der Waals surface area contributed by atoms with Crippen molar-refractivity contribution < 1.29 is 53.4 Å². The molecule has 0 aromatic heterocycles. The van der Waals surface area contributed by atoms with E-state index in [1.165, 1.54) is 0 Å². The molecule has 2 aromatic carbocycles. The molecular formula is C50H77N11O11. The maximum absolute atomic E-state index is 14.3. The van der Waals surface area contributed by atoms with Crippen molar-refractivity contribution in [3.63, 3.8) is 0 Å². The summed E-state index contributed by atoms with van der Waals surface area (Å²) in [7, 11) is 0. The van der Waals surface area contributed by atoms with E-state index in [1.54, 1.807) is 88.4 Å². The van der Waals surface area contributed by atoms with Crippen LogP contribution < -0.4 is 54.4 Å². The van der Waals surface area contributed by atoms with E-state index in [9.17, 15) is 53.4 Å². The summed E-state index contributed by atoms with van der Waals surface area (Å²) in [6.07, 6.45) is 0.352. The number of nitrogens with one attached hydrogen (secondary N) is 7. The smallest absolute Gasteiger partial charge is 0.326 e. The fourth-order valence-corrected chi connectivity index (χ4v) is 7.35. The Hall–Kier alpha value is -7.10. The van der Waals surface area contributed by atoms with Crippen LogP contribution in [0.3, 0.4) is 0 Å². The van der Waals surface area contributed by atoms with Crippen molar-refractivity contribution >= 4 is 59.2 Å². The molecule has 8 atom stereocenters. The quantitative estimate of drug-likeness (QED) is 0.0268. The van der Waals surface area contributed by atoms with Gasteiger partial charge in [0.2, 0.25) is 41.4 Å². The van der Waals surface area contributed by atoms with Crippen molar-refractivity contribution in [3.05, 3.63) is 71.8 Å². The van der Waals surface area contributed by atoms with E-state index in [0.29, 0.717) is 24.0 Å². The van der Waals surface area contributed by atoms with E-state index in [1.807, 2.05) is 20.8 Å². The molecule has 0 aliphatic carbocycles. The minimum absolute atomic E-state index is 0.00697. The number of aliphatic carboxylic acids is 2. The van der Waals surface area contributed by atoms with Crippen LogP contribution in [-0.2, 0) is 56.0 Å². The number of hydrogen-bond donors (Lipinski definition) is 12. The number of aliphatic imine (C=N–C) groups is 1. The predicted molar refractivity (Wildman–Crippen MR) is 270 cm³/mol. The maximum Gasteiger partial charge on any atom is 0.326 e. The fourth-order valence-electron chi connectivity index (χ4n) is 7.35. The van der Waals surface area contributed by atoms with Gasteiger partial charge in [0.05, 0.1) is 12.5 Å². The second-order valence-corrected chi connectivity index (χ2v) is 18.9. The molecule has 22 nitrogen and oxygen atoms in total. The van der Waals surface area contributed by atoms with Crippen LogP contribution in [0.25, 0.3) is 0 Å². The van der Waals surface area contributed by atoms with Gasteiger partial charge in [0, 0.05) is 19.4 Å². The van der Waals surface area contributed by atoms with Crippen LogP contribution in [0, 0.1) is 17.8 Å². The summed E-state index contributed by atoms with van der Waals surface area (Å²) < 4.78 is 0. The first-order valence-corrected chi connectivity index (χ1v) is 24.4. The molecule has 0 unspecified atom stereocenters. The largest absolute Gasteiger partial charge is 0.481 e. The molecule has 0 heterocycles. The highest BCUT2D eigenvalue weighted by Gasteiger charge is 2.36. The normalized spacial score (nSPS) is 14.5. The van der Waals surface area contributed by atoms with Crippen LogP contribution in [0.2, 0.25) is 0 Å². The zero-order valence-electron chi connectivity index (χ0n) is 42.4. The summed E-state index contributed by atoms with van der Waals surface area (Å²) in [6, 6.07) is 6.88. The maximum atomic E-state index is 14.3. The van der Waals surface area contributed by atoms with Crippen LogP contribution in [0.1, 0.15) is 105 Å². The number of hydrogen-bond acceptors (Lipinski definition) is 11. The summed E-state index contributed by atoms with van der Waals surface area (Å²) in [6.45, 7) is 12.4. The molecule has 398 valence electrons. The van der Waals surface area contributed by atoms with Gasteiger partial charge in [-0.05, 0) is 54.6 Å². The molecule has 72 heavy (non-hydrogen) atoms. The highest BCUT2D eigenvalue weighted by Crippen LogP contribution is 2.13. The number of unbranched alkanes of at least 4 members (excludes halogenated alkanes) is 1. The lowest BCUT2D eigenvalue weighted by Crippen LogP contribution is -2.61. The first kappa shape index (κ1) is 61.0. The van der Waals surface area contributed by atoms with Crippen LogP contribution in [0.15, 0.2) is 65.7 Å². The Morgan fingerprint density at radius 2 is 0.958 bits per heavy atom. The lowest BCUT2D eigenvalue weighted by molar-refractivity contribution is -0.142. The van der Waals surface area contributed by atoms with Gasteiger partial charge in [-0.3, -0.25) is 43.3 Å². The summed E-state index contributed by atoms with van der Waals surface area (Å²) in [5.41, 5.74) is 18.1. The van der Waals surface area contributed by atoms with E-state index in [-0.39, 0.29) is 62.9 Å². The monoisotopic (exact) mass is 1010 g/mol. The van der Waals surface area contributed by atoms with Crippen molar-refractivity contribution in [3.8, 4) is 0 Å².